The molecular weight excluding hydrogens is 248 g/mol. The zero-order valence-electron chi connectivity index (χ0n) is 11.3. The van der Waals surface area contributed by atoms with Crippen molar-refractivity contribution >= 4 is 12.3 Å². The summed E-state index contributed by atoms with van der Waals surface area (Å²) in [6.45, 7) is 0. The van der Waals surface area contributed by atoms with Gasteiger partial charge in [-0.2, -0.15) is 0 Å². The van der Waals surface area contributed by atoms with Crippen LogP contribution in [0.4, 0.5) is 0 Å². The number of methoxy groups -OCH3 is 1. The maximum Gasteiger partial charge on any atom is 0.305 e. The van der Waals surface area contributed by atoms with Crippen LogP contribution in [0.5, 0.6) is 0 Å². The van der Waals surface area contributed by atoms with Crippen LogP contribution in [0.2, 0.25) is 0 Å². The summed E-state index contributed by atoms with van der Waals surface area (Å²) in [7, 11) is 1.40. The average Bonchev–Trinajstić information content (AvgIpc) is 2.90. The van der Waals surface area contributed by atoms with Crippen molar-refractivity contribution in [1.29, 1.82) is 0 Å². The Morgan fingerprint density at radius 2 is 2.21 bits per heavy atom. The van der Waals surface area contributed by atoms with E-state index in [1.165, 1.54) is 7.11 Å². The van der Waals surface area contributed by atoms with Crippen molar-refractivity contribution in [3.63, 3.8) is 0 Å². The predicted molar refractivity (Wildman–Crippen MR) is 67.4 cm³/mol. The van der Waals surface area contributed by atoms with Gasteiger partial charge >= 0.3 is 5.97 Å². The van der Waals surface area contributed by atoms with Gasteiger partial charge in [-0.05, 0) is 25.2 Å². The Kier molecular flexibility index (Phi) is 4.93. The molecule has 0 aromatic carbocycles. The largest absolute Gasteiger partial charge is 0.469 e. The van der Waals surface area contributed by atoms with Gasteiger partial charge in [0.1, 0.15) is 6.29 Å². The third-order valence-electron chi connectivity index (χ3n) is 4.33. The van der Waals surface area contributed by atoms with Crippen LogP contribution in [0.1, 0.15) is 38.5 Å². The molecule has 0 aromatic rings. The van der Waals surface area contributed by atoms with Crippen LogP contribution in [0.15, 0.2) is 0 Å². The highest BCUT2D eigenvalue weighted by atomic mass is 16.5. The monoisotopic (exact) mass is 270 g/mol. The maximum atomic E-state index is 11.0. The lowest BCUT2D eigenvalue weighted by Gasteiger charge is -2.15. The number of carbonyl (C=O) groups is 2. The molecule has 0 spiro atoms. The number of carbonyl (C=O) groups excluding carboxylic acids is 2. The van der Waals surface area contributed by atoms with Crippen molar-refractivity contribution in [1.82, 2.24) is 0 Å². The van der Waals surface area contributed by atoms with Crippen LogP contribution in [0.25, 0.3) is 0 Å². The van der Waals surface area contributed by atoms with E-state index in [2.05, 4.69) is 4.74 Å². The topological polar surface area (TPSA) is 72.8 Å². The molecule has 5 atom stereocenters. The Bertz CT molecular complexity index is 330. The lowest BCUT2D eigenvalue weighted by molar-refractivity contribution is -0.140. The summed E-state index contributed by atoms with van der Waals surface area (Å²) < 4.78 is 10.5. The van der Waals surface area contributed by atoms with Crippen LogP contribution < -0.4 is 0 Å². The van der Waals surface area contributed by atoms with E-state index in [-0.39, 0.29) is 30.0 Å². The molecule has 1 saturated carbocycles. The lowest BCUT2D eigenvalue weighted by atomic mass is 9.91. The van der Waals surface area contributed by atoms with Gasteiger partial charge in [0, 0.05) is 18.8 Å². The third kappa shape index (κ3) is 3.34. The number of ether oxygens (including phenoxy) is 2. The highest BCUT2D eigenvalue weighted by Crippen LogP contribution is 2.43. The van der Waals surface area contributed by atoms with Gasteiger partial charge in [0.05, 0.1) is 25.4 Å². The van der Waals surface area contributed by atoms with Gasteiger partial charge in [-0.1, -0.05) is 6.42 Å². The molecule has 2 fully saturated rings. The van der Waals surface area contributed by atoms with E-state index < -0.39 is 6.10 Å². The van der Waals surface area contributed by atoms with Crippen LogP contribution in [-0.4, -0.2) is 42.8 Å². The van der Waals surface area contributed by atoms with Crippen molar-refractivity contribution in [3.8, 4) is 0 Å². The highest BCUT2D eigenvalue weighted by Gasteiger charge is 2.48. The van der Waals surface area contributed by atoms with E-state index in [1.807, 2.05) is 0 Å². The van der Waals surface area contributed by atoms with Crippen molar-refractivity contribution in [2.24, 2.45) is 11.8 Å². The van der Waals surface area contributed by atoms with E-state index in [9.17, 15) is 14.7 Å². The first-order chi connectivity index (χ1) is 9.15. The average molecular weight is 270 g/mol. The van der Waals surface area contributed by atoms with Gasteiger partial charge in [0.25, 0.3) is 0 Å². The molecule has 1 N–H and O–H groups in total. The summed E-state index contributed by atoms with van der Waals surface area (Å²) in [5.74, 6) is -0.253. The second kappa shape index (κ2) is 6.48. The minimum atomic E-state index is -0.534. The summed E-state index contributed by atoms with van der Waals surface area (Å²) in [6, 6.07) is 0. The number of hydrogen-bond donors (Lipinski definition) is 1. The van der Waals surface area contributed by atoms with E-state index in [0.29, 0.717) is 12.8 Å². The first kappa shape index (κ1) is 14.5. The lowest BCUT2D eigenvalue weighted by Crippen LogP contribution is -2.21. The smallest absolute Gasteiger partial charge is 0.305 e. The molecule has 1 aliphatic heterocycles. The molecule has 0 aromatic heterocycles. The normalized spacial score (nSPS) is 37.1. The molecule has 2 aliphatic rings. The highest BCUT2D eigenvalue weighted by molar-refractivity contribution is 5.68. The third-order valence-corrected chi connectivity index (χ3v) is 4.33. The van der Waals surface area contributed by atoms with Gasteiger partial charge < -0.3 is 19.4 Å². The van der Waals surface area contributed by atoms with Gasteiger partial charge in [-0.25, -0.2) is 0 Å². The van der Waals surface area contributed by atoms with Crippen molar-refractivity contribution in [2.45, 2.75) is 56.8 Å². The zero-order chi connectivity index (χ0) is 13.8. The number of aliphatic hydroxyl groups excluding tert-OH is 1. The Labute approximate surface area is 113 Å². The Hall–Kier alpha value is -0.940. The summed E-state index contributed by atoms with van der Waals surface area (Å²) in [6.07, 6.45) is 5.06. The van der Waals surface area contributed by atoms with Crippen LogP contribution in [-0.2, 0) is 19.1 Å². The fourth-order valence-corrected chi connectivity index (χ4v) is 3.30. The Morgan fingerprint density at radius 1 is 1.42 bits per heavy atom. The molecule has 5 heteroatoms. The molecule has 0 radical (unpaired) electrons. The second-order valence-corrected chi connectivity index (χ2v) is 5.53. The molecule has 19 heavy (non-hydrogen) atoms. The minimum Gasteiger partial charge on any atom is -0.469 e. The Morgan fingerprint density at radius 3 is 2.89 bits per heavy atom. The maximum absolute atomic E-state index is 11.0. The number of aliphatic hydroxyl groups is 1. The quantitative estimate of drug-likeness (QED) is 0.444. The molecule has 2 rings (SSSR count). The minimum absolute atomic E-state index is 0.0378. The van der Waals surface area contributed by atoms with E-state index in [1.54, 1.807) is 0 Å². The van der Waals surface area contributed by atoms with E-state index >= 15 is 0 Å². The van der Waals surface area contributed by atoms with E-state index in [0.717, 1.165) is 32.0 Å². The number of fused-ring (bicyclic) bond motifs is 1. The number of esters is 1. The number of unbranched alkanes of at least 4 members (excludes halogenated alkanes) is 1. The molecule has 0 bridgehead atoms. The predicted octanol–water partition coefficient (Wildman–Crippen LogP) is 1.07. The number of rotatable bonds is 6. The molecule has 0 amide bonds. The second-order valence-electron chi connectivity index (χ2n) is 5.53. The molecular formula is C14H22O5. The first-order valence-electron chi connectivity index (χ1n) is 7.01. The first-order valence-corrected chi connectivity index (χ1v) is 7.01. The number of hydrogen-bond acceptors (Lipinski definition) is 5. The molecule has 1 saturated heterocycles. The molecule has 1 heterocycles. The van der Waals surface area contributed by atoms with Gasteiger partial charge in [0.2, 0.25) is 0 Å². The summed E-state index contributed by atoms with van der Waals surface area (Å²) in [5.41, 5.74) is 0. The van der Waals surface area contributed by atoms with Crippen molar-refractivity contribution in [3.05, 3.63) is 0 Å². The Balaban J connectivity index is 1.69. The molecule has 1 aliphatic carbocycles. The van der Waals surface area contributed by atoms with Gasteiger partial charge in [-0.15, -0.1) is 0 Å². The molecule has 108 valence electrons. The standard InChI is InChI=1S/C14H22O5/c1-18-14(17)5-3-2-4-9-6-10-11(8-15)12(16)7-13(10)19-9/h8-13,16H,2-7H2,1H3. The zero-order valence-corrected chi connectivity index (χ0v) is 11.3. The number of aldehydes is 1. The fraction of sp³-hybridized carbons (Fsp3) is 0.857. The molecule has 5 unspecified atom stereocenters. The van der Waals surface area contributed by atoms with Crippen LogP contribution in [0.3, 0.4) is 0 Å². The van der Waals surface area contributed by atoms with E-state index in [4.69, 9.17) is 4.74 Å². The summed E-state index contributed by atoms with van der Waals surface area (Å²) in [4.78, 5) is 21.9. The van der Waals surface area contributed by atoms with Gasteiger partial charge in [0.15, 0.2) is 0 Å². The van der Waals surface area contributed by atoms with Crippen LogP contribution in [0, 0.1) is 11.8 Å². The summed E-state index contributed by atoms with van der Waals surface area (Å²) in [5, 5.41) is 9.72. The van der Waals surface area contributed by atoms with Gasteiger partial charge in [-0.3, -0.25) is 4.79 Å². The van der Waals surface area contributed by atoms with Crippen molar-refractivity contribution in [2.75, 3.05) is 7.11 Å². The summed E-state index contributed by atoms with van der Waals surface area (Å²) >= 11 is 0. The van der Waals surface area contributed by atoms with Crippen LogP contribution >= 0.6 is 0 Å². The SMILES string of the molecule is COC(=O)CCCCC1CC2C(CC(O)C2C=O)O1. The molecule has 5 nitrogen and oxygen atoms in total. The fourth-order valence-electron chi connectivity index (χ4n) is 3.30. The van der Waals surface area contributed by atoms with Crippen molar-refractivity contribution < 1.29 is 24.2 Å².